The number of rotatable bonds is 1. The highest BCUT2D eigenvalue weighted by Gasteiger charge is 2.17. The average Bonchev–Trinajstić information content (AvgIpc) is 2.57. The molecule has 1 aromatic carbocycles. The Morgan fingerprint density at radius 2 is 2.07 bits per heavy atom. The lowest BCUT2D eigenvalue weighted by Crippen LogP contribution is -2.16. The number of benzene rings is 1. The Hall–Kier alpha value is -1.44. The molecular weight excluding hydrogens is 174 g/mol. The summed E-state index contributed by atoms with van der Waals surface area (Å²) in [4.78, 5) is 2.10. The first-order chi connectivity index (χ1) is 6.68. The van der Waals surface area contributed by atoms with Crippen LogP contribution in [0.5, 0.6) is 0 Å². The molecule has 0 aliphatic carbocycles. The molecule has 0 unspecified atom stereocenters. The molecule has 1 fully saturated rings. The molecule has 1 aliphatic rings. The number of hydrogen-bond donors (Lipinski definition) is 0. The number of ether oxygens (including phenoxy) is 1. The quantitative estimate of drug-likeness (QED) is 0.673. The second-order valence-corrected chi connectivity index (χ2v) is 3.66. The largest absolute Gasteiger partial charge is 0.477 e. The minimum atomic E-state index is 0.742. The Morgan fingerprint density at radius 3 is 2.64 bits per heavy atom. The minimum absolute atomic E-state index is 0.742. The summed E-state index contributed by atoms with van der Waals surface area (Å²) in [6.45, 7) is 9.76. The molecule has 0 saturated carbocycles. The van der Waals surface area contributed by atoms with Crippen LogP contribution in [0, 0.1) is 13.8 Å². The molecular formula is C12H15NO. The van der Waals surface area contributed by atoms with Crippen molar-refractivity contribution in [1.82, 2.24) is 0 Å². The van der Waals surface area contributed by atoms with E-state index in [9.17, 15) is 0 Å². The van der Waals surface area contributed by atoms with E-state index in [2.05, 4.69) is 43.5 Å². The molecule has 1 heterocycles. The Labute approximate surface area is 84.8 Å². The summed E-state index contributed by atoms with van der Waals surface area (Å²) >= 11 is 0. The van der Waals surface area contributed by atoms with Gasteiger partial charge in [-0.05, 0) is 43.7 Å². The Morgan fingerprint density at radius 1 is 1.29 bits per heavy atom. The van der Waals surface area contributed by atoms with Gasteiger partial charge < -0.3 is 9.64 Å². The van der Waals surface area contributed by atoms with Crippen molar-refractivity contribution in [2.75, 3.05) is 18.1 Å². The lowest BCUT2D eigenvalue weighted by Gasteiger charge is -2.17. The molecule has 2 heteroatoms. The first-order valence-electron chi connectivity index (χ1n) is 4.85. The van der Waals surface area contributed by atoms with Crippen LogP contribution >= 0.6 is 0 Å². The van der Waals surface area contributed by atoms with Crippen molar-refractivity contribution in [2.45, 2.75) is 13.8 Å². The Kier molecular flexibility index (Phi) is 2.20. The van der Waals surface area contributed by atoms with Crippen LogP contribution in [0.3, 0.4) is 0 Å². The summed E-state index contributed by atoms with van der Waals surface area (Å²) in [5.41, 5.74) is 3.80. The van der Waals surface area contributed by atoms with Gasteiger partial charge in [0.25, 0.3) is 0 Å². The zero-order valence-corrected chi connectivity index (χ0v) is 8.71. The van der Waals surface area contributed by atoms with Crippen LogP contribution in [0.15, 0.2) is 30.7 Å². The molecule has 0 bridgehead atoms. The van der Waals surface area contributed by atoms with Crippen LogP contribution in [0.2, 0.25) is 0 Å². The summed E-state index contributed by atoms with van der Waals surface area (Å²) in [7, 11) is 0. The smallest absolute Gasteiger partial charge is 0.186 e. The van der Waals surface area contributed by atoms with Gasteiger partial charge in [0.15, 0.2) is 5.88 Å². The van der Waals surface area contributed by atoms with Crippen molar-refractivity contribution in [1.29, 1.82) is 0 Å². The summed E-state index contributed by atoms with van der Waals surface area (Å²) in [5.74, 6) is 0.758. The van der Waals surface area contributed by atoms with E-state index in [-0.39, 0.29) is 0 Å². The van der Waals surface area contributed by atoms with Gasteiger partial charge in [-0.2, -0.15) is 0 Å². The monoisotopic (exact) mass is 189 g/mol. The molecule has 2 nitrogen and oxygen atoms in total. The molecule has 0 radical (unpaired) electrons. The van der Waals surface area contributed by atoms with Gasteiger partial charge in [-0.25, -0.2) is 0 Å². The standard InChI is InChI=1S/C12H15NO/c1-9-4-5-12(8-10(9)2)13-6-7-14-11(13)3/h4-5,8H,3,6-7H2,1-2H3. The van der Waals surface area contributed by atoms with E-state index in [1.807, 2.05) is 0 Å². The second kappa shape index (κ2) is 3.37. The van der Waals surface area contributed by atoms with Crippen molar-refractivity contribution in [3.8, 4) is 0 Å². The van der Waals surface area contributed by atoms with Crippen molar-refractivity contribution >= 4 is 5.69 Å². The van der Waals surface area contributed by atoms with Crippen LogP contribution in [-0.4, -0.2) is 13.2 Å². The fraction of sp³-hybridized carbons (Fsp3) is 0.333. The van der Waals surface area contributed by atoms with Gasteiger partial charge in [0.1, 0.15) is 6.61 Å². The minimum Gasteiger partial charge on any atom is -0.477 e. The third-order valence-electron chi connectivity index (χ3n) is 2.69. The maximum Gasteiger partial charge on any atom is 0.186 e. The summed E-state index contributed by atoms with van der Waals surface area (Å²) in [5, 5.41) is 0. The highest BCUT2D eigenvalue weighted by atomic mass is 16.5. The summed E-state index contributed by atoms with van der Waals surface area (Å²) < 4.78 is 5.32. The number of anilines is 1. The van der Waals surface area contributed by atoms with Crippen molar-refractivity contribution < 1.29 is 4.74 Å². The predicted octanol–water partition coefficient (Wildman–Crippen LogP) is 2.61. The molecule has 2 rings (SSSR count). The molecule has 14 heavy (non-hydrogen) atoms. The zero-order chi connectivity index (χ0) is 10.1. The number of aryl methyl sites for hydroxylation is 2. The van der Waals surface area contributed by atoms with Gasteiger partial charge in [0.05, 0.1) is 6.54 Å². The highest BCUT2D eigenvalue weighted by molar-refractivity contribution is 5.54. The van der Waals surface area contributed by atoms with E-state index in [1.165, 1.54) is 16.8 Å². The van der Waals surface area contributed by atoms with Crippen LogP contribution in [-0.2, 0) is 4.74 Å². The van der Waals surface area contributed by atoms with Crippen molar-refractivity contribution in [3.63, 3.8) is 0 Å². The first-order valence-corrected chi connectivity index (χ1v) is 4.85. The summed E-state index contributed by atoms with van der Waals surface area (Å²) in [6, 6.07) is 6.42. The SMILES string of the molecule is C=C1OCCN1c1ccc(C)c(C)c1. The molecule has 1 aliphatic heterocycles. The highest BCUT2D eigenvalue weighted by Crippen LogP contribution is 2.24. The topological polar surface area (TPSA) is 12.5 Å². The lowest BCUT2D eigenvalue weighted by molar-refractivity contribution is 0.270. The maximum atomic E-state index is 5.32. The van der Waals surface area contributed by atoms with Gasteiger partial charge in [-0.3, -0.25) is 0 Å². The van der Waals surface area contributed by atoms with Gasteiger partial charge in [0.2, 0.25) is 0 Å². The van der Waals surface area contributed by atoms with Crippen LogP contribution in [0.1, 0.15) is 11.1 Å². The normalized spacial score (nSPS) is 15.9. The van der Waals surface area contributed by atoms with Crippen LogP contribution in [0.4, 0.5) is 5.69 Å². The Bertz CT molecular complexity index is 371. The average molecular weight is 189 g/mol. The second-order valence-electron chi connectivity index (χ2n) is 3.66. The molecule has 0 atom stereocenters. The van der Waals surface area contributed by atoms with Gasteiger partial charge in [-0.15, -0.1) is 0 Å². The molecule has 74 valence electrons. The number of nitrogens with zero attached hydrogens (tertiary/aromatic N) is 1. The summed E-state index contributed by atoms with van der Waals surface area (Å²) in [6.07, 6.45) is 0. The third-order valence-corrected chi connectivity index (χ3v) is 2.69. The zero-order valence-electron chi connectivity index (χ0n) is 8.71. The van der Waals surface area contributed by atoms with Crippen molar-refractivity contribution in [3.05, 3.63) is 41.8 Å². The molecule has 0 N–H and O–H groups in total. The fourth-order valence-electron chi connectivity index (χ4n) is 1.62. The lowest BCUT2D eigenvalue weighted by atomic mass is 10.1. The third kappa shape index (κ3) is 1.48. The molecule has 0 aromatic heterocycles. The molecule has 1 aromatic rings. The fourth-order valence-corrected chi connectivity index (χ4v) is 1.62. The molecule has 1 saturated heterocycles. The van der Waals surface area contributed by atoms with E-state index in [1.54, 1.807) is 0 Å². The van der Waals surface area contributed by atoms with E-state index in [4.69, 9.17) is 4.74 Å². The first kappa shape index (κ1) is 9.13. The Balaban J connectivity index is 2.32. The van der Waals surface area contributed by atoms with Crippen LogP contribution in [0.25, 0.3) is 0 Å². The molecule has 0 spiro atoms. The van der Waals surface area contributed by atoms with E-state index in [0.29, 0.717) is 0 Å². The van der Waals surface area contributed by atoms with Gasteiger partial charge in [-0.1, -0.05) is 6.07 Å². The number of hydrogen-bond acceptors (Lipinski definition) is 2. The van der Waals surface area contributed by atoms with E-state index >= 15 is 0 Å². The van der Waals surface area contributed by atoms with E-state index in [0.717, 1.165) is 19.0 Å². The maximum absolute atomic E-state index is 5.32. The van der Waals surface area contributed by atoms with Gasteiger partial charge >= 0.3 is 0 Å². The van der Waals surface area contributed by atoms with Gasteiger partial charge in [0, 0.05) is 5.69 Å². The molecule has 0 amide bonds. The predicted molar refractivity (Wildman–Crippen MR) is 58.4 cm³/mol. The van der Waals surface area contributed by atoms with E-state index < -0.39 is 0 Å². The van der Waals surface area contributed by atoms with Crippen molar-refractivity contribution in [2.24, 2.45) is 0 Å². The van der Waals surface area contributed by atoms with Crippen LogP contribution < -0.4 is 4.90 Å².